The highest BCUT2D eigenvalue weighted by Gasteiger charge is 2.36. The van der Waals surface area contributed by atoms with Crippen LogP contribution < -0.4 is 16.3 Å². The van der Waals surface area contributed by atoms with Gasteiger partial charge < -0.3 is 15.4 Å². The van der Waals surface area contributed by atoms with Crippen LogP contribution in [0.1, 0.15) is 27.4 Å². The molecule has 31 heavy (non-hydrogen) atoms. The Morgan fingerprint density at radius 1 is 1.16 bits per heavy atom. The fraction of sp³-hybridized carbons (Fsp3) is 0.364. The monoisotopic (exact) mass is 433 g/mol. The van der Waals surface area contributed by atoms with E-state index >= 15 is 0 Å². The lowest BCUT2D eigenvalue weighted by Crippen LogP contribution is -2.49. The second kappa shape index (κ2) is 7.13. The predicted octanol–water partition coefficient (Wildman–Crippen LogP) is 1.80. The fourth-order valence-corrected chi connectivity index (χ4v) is 4.40. The van der Waals surface area contributed by atoms with Crippen LogP contribution in [-0.2, 0) is 10.9 Å². The zero-order chi connectivity index (χ0) is 21.9. The number of nitrogens with zero attached hydrogens (tertiary/aromatic N) is 2. The Kier molecular flexibility index (Phi) is 4.63. The summed E-state index contributed by atoms with van der Waals surface area (Å²) in [4.78, 5) is 18.7. The van der Waals surface area contributed by atoms with Gasteiger partial charge in [0.2, 0.25) is 0 Å². The van der Waals surface area contributed by atoms with Gasteiger partial charge in [-0.2, -0.15) is 13.2 Å². The Morgan fingerprint density at radius 2 is 1.87 bits per heavy atom. The highest BCUT2D eigenvalue weighted by molar-refractivity contribution is 5.95. The second-order valence-electron chi connectivity index (χ2n) is 8.14. The van der Waals surface area contributed by atoms with E-state index in [-0.39, 0.29) is 17.4 Å². The van der Waals surface area contributed by atoms with Crippen molar-refractivity contribution in [1.82, 2.24) is 4.90 Å². The lowest BCUT2D eigenvalue weighted by atomic mass is 9.89. The van der Waals surface area contributed by atoms with Gasteiger partial charge in [-0.3, -0.25) is 9.79 Å². The second-order valence-corrected chi connectivity index (χ2v) is 8.14. The molecule has 3 heterocycles. The van der Waals surface area contributed by atoms with Gasteiger partial charge in [0.1, 0.15) is 12.0 Å². The van der Waals surface area contributed by atoms with Gasteiger partial charge in [0, 0.05) is 36.2 Å². The van der Waals surface area contributed by atoms with E-state index in [2.05, 4.69) is 4.99 Å². The van der Waals surface area contributed by atoms with Crippen LogP contribution in [0, 0.1) is 11.7 Å². The number of hydrogen-bond acceptors (Lipinski definition) is 4. The molecule has 2 aromatic carbocycles. The number of benzene rings is 2. The van der Waals surface area contributed by atoms with Gasteiger partial charge in [0.05, 0.1) is 29.7 Å². The van der Waals surface area contributed by atoms with E-state index < -0.39 is 29.6 Å². The number of carbonyl (C=O) groups is 1. The third kappa shape index (κ3) is 3.41. The first kappa shape index (κ1) is 20.1. The lowest BCUT2D eigenvalue weighted by Gasteiger charge is -2.39. The molecule has 0 saturated carbocycles. The Morgan fingerprint density at radius 3 is 2.55 bits per heavy atom. The number of amides is 1. The van der Waals surface area contributed by atoms with Crippen molar-refractivity contribution < 1.29 is 27.1 Å². The Labute approximate surface area is 174 Å². The lowest BCUT2D eigenvalue weighted by molar-refractivity contribution is -0.137. The first-order chi connectivity index (χ1) is 14.7. The molecule has 2 saturated heterocycles. The molecule has 2 N–H and O–H groups in total. The van der Waals surface area contributed by atoms with E-state index in [1.54, 1.807) is 0 Å². The number of rotatable bonds is 2. The van der Waals surface area contributed by atoms with Gasteiger partial charge in [-0.05, 0) is 29.3 Å². The minimum absolute atomic E-state index is 0.0477. The van der Waals surface area contributed by atoms with Crippen molar-refractivity contribution in [3.63, 3.8) is 0 Å². The van der Waals surface area contributed by atoms with E-state index in [0.29, 0.717) is 36.9 Å². The summed E-state index contributed by atoms with van der Waals surface area (Å²) in [6, 6.07) is 7.68. The van der Waals surface area contributed by atoms with Crippen molar-refractivity contribution in [1.29, 1.82) is 0 Å². The van der Waals surface area contributed by atoms with Crippen LogP contribution in [0.25, 0.3) is 5.57 Å². The van der Waals surface area contributed by atoms with Crippen LogP contribution in [-0.4, -0.2) is 43.3 Å². The summed E-state index contributed by atoms with van der Waals surface area (Å²) in [7, 11) is 0. The zero-order valence-corrected chi connectivity index (χ0v) is 16.3. The molecule has 2 fully saturated rings. The van der Waals surface area contributed by atoms with Gasteiger partial charge in [0.25, 0.3) is 5.91 Å². The van der Waals surface area contributed by atoms with Crippen LogP contribution in [0.2, 0.25) is 0 Å². The van der Waals surface area contributed by atoms with Crippen molar-refractivity contribution in [2.75, 3.05) is 26.3 Å². The third-order valence-corrected chi connectivity index (χ3v) is 6.24. The summed E-state index contributed by atoms with van der Waals surface area (Å²) in [5.74, 6) is -1.28. The van der Waals surface area contributed by atoms with Gasteiger partial charge in [-0.15, -0.1) is 0 Å². The molecule has 0 aromatic heterocycles. The molecule has 5 rings (SSSR count). The molecule has 1 amide bonds. The number of hydrogen-bond donors (Lipinski definition) is 1. The summed E-state index contributed by atoms with van der Waals surface area (Å²) in [6.45, 7) is 1.46. The molecule has 9 heteroatoms. The zero-order valence-electron chi connectivity index (χ0n) is 16.3. The van der Waals surface area contributed by atoms with Crippen LogP contribution in [0.4, 0.5) is 17.6 Å². The number of carbonyl (C=O) groups excluding carboxylic acids is 1. The standard InChI is InChI=1S/C22H19F4N3O2/c23-18-6-19-14(16-9-31-10-17(16)20(27)28-19)5-15(18)21(30)29-7-12(8-29)11-1-3-13(4-2-11)22(24,25)26/h1-6,12,17,20H,7-10,27H2. The SMILES string of the molecule is NC1N=c2cc(F)c(C(=O)N3CC(c4ccc(C(F)(F)F)cc4)C3)cc2=C2COCC21. The van der Waals surface area contributed by atoms with Gasteiger partial charge in [0.15, 0.2) is 0 Å². The largest absolute Gasteiger partial charge is 0.416 e. The average Bonchev–Trinajstić information content (AvgIpc) is 3.17. The van der Waals surface area contributed by atoms with E-state index in [9.17, 15) is 22.4 Å². The topological polar surface area (TPSA) is 67.9 Å². The van der Waals surface area contributed by atoms with Gasteiger partial charge in [-0.25, -0.2) is 4.39 Å². The van der Waals surface area contributed by atoms with Crippen molar-refractivity contribution in [3.8, 4) is 0 Å². The molecule has 2 unspecified atom stereocenters. The minimum Gasteiger partial charge on any atom is -0.376 e. The molecule has 0 bridgehead atoms. The Hall–Kier alpha value is -2.78. The maximum absolute atomic E-state index is 14.7. The number of nitrogens with two attached hydrogens (primary N) is 1. The molecule has 2 aromatic rings. The molecule has 3 aliphatic heterocycles. The molecule has 0 spiro atoms. The molecule has 0 radical (unpaired) electrons. The highest BCUT2D eigenvalue weighted by atomic mass is 19.4. The predicted molar refractivity (Wildman–Crippen MR) is 103 cm³/mol. The van der Waals surface area contributed by atoms with Crippen LogP contribution in [0.5, 0.6) is 0 Å². The molecular weight excluding hydrogens is 414 g/mol. The molecule has 162 valence electrons. The Bertz CT molecular complexity index is 1170. The number of ether oxygens (including phenoxy) is 1. The smallest absolute Gasteiger partial charge is 0.376 e. The van der Waals surface area contributed by atoms with Crippen LogP contribution in [0.3, 0.4) is 0 Å². The fourth-order valence-electron chi connectivity index (χ4n) is 4.40. The first-order valence-corrected chi connectivity index (χ1v) is 9.92. The summed E-state index contributed by atoms with van der Waals surface area (Å²) in [6.07, 6.45) is -4.88. The number of likely N-dealkylation sites (tertiary alicyclic amines) is 1. The van der Waals surface area contributed by atoms with E-state index in [4.69, 9.17) is 10.5 Å². The Balaban J connectivity index is 1.36. The molecule has 0 aliphatic carbocycles. The maximum atomic E-state index is 14.7. The molecule has 5 nitrogen and oxygen atoms in total. The minimum atomic E-state index is -4.39. The summed E-state index contributed by atoms with van der Waals surface area (Å²) < 4.78 is 58.3. The number of fused-ring (bicyclic) bond motifs is 2. The van der Waals surface area contributed by atoms with Gasteiger partial charge in [-0.1, -0.05) is 12.1 Å². The molecule has 2 atom stereocenters. The van der Waals surface area contributed by atoms with Crippen molar-refractivity contribution >= 4 is 11.5 Å². The maximum Gasteiger partial charge on any atom is 0.416 e. The van der Waals surface area contributed by atoms with E-state index in [0.717, 1.165) is 23.3 Å². The summed E-state index contributed by atoms with van der Waals surface area (Å²) in [5.41, 5.74) is 6.93. The van der Waals surface area contributed by atoms with Crippen molar-refractivity contribution in [2.24, 2.45) is 16.6 Å². The first-order valence-electron chi connectivity index (χ1n) is 9.92. The normalized spacial score (nSPS) is 23.1. The third-order valence-electron chi connectivity index (χ3n) is 6.24. The van der Waals surface area contributed by atoms with Crippen LogP contribution in [0.15, 0.2) is 41.4 Å². The quantitative estimate of drug-likeness (QED) is 0.735. The van der Waals surface area contributed by atoms with Crippen LogP contribution >= 0.6 is 0 Å². The number of halogens is 4. The number of alkyl halides is 3. The average molecular weight is 433 g/mol. The summed E-state index contributed by atoms with van der Waals surface area (Å²) in [5, 5.41) is 1.11. The van der Waals surface area contributed by atoms with Crippen molar-refractivity contribution in [3.05, 3.63) is 69.5 Å². The van der Waals surface area contributed by atoms with Crippen molar-refractivity contribution in [2.45, 2.75) is 18.3 Å². The molecule has 3 aliphatic rings. The summed E-state index contributed by atoms with van der Waals surface area (Å²) >= 11 is 0. The highest BCUT2D eigenvalue weighted by Crippen LogP contribution is 2.33. The molecular formula is C22H19F4N3O2. The van der Waals surface area contributed by atoms with Gasteiger partial charge >= 0.3 is 6.18 Å². The van der Waals surface area contributed by atoms with E-state index in [1.165, 1.54) is 29.2 Å². The van der Waals surface area contributed by atoms with E-state index in [1.807, 2.05) is 0 Å².